The number of ether oxygens (including phenoxy) is 2. The molecule has 3 aromatic carbocycles. The van der Waals surface area contributed by atoms with Crippen molar-refractivity contribution in [2.75, 3.05) is 6.61 Å². The van der Waals surface area contributed by atoms with E-state index in [1.165, 1.54) is 0 Å². The molecule has 0 aromatic heterocycles. The molecule has 7 rings (SSSR count). The van der Waals surface area contributed by atoms with Gasteiger partial charge >= 0.3 is 0 Å². The van der Waals surface area contributed by atoms with Crippen LogP contribution in [-0.4, -0.2) is 18.0 Å². The second-order valence-electron chi connectivity index (χ2n) is 8.79. The second-order valence-corrected chi connectivity index (χ2v) is 8.79. The first-order valence-electron chi connectivity index (χ1n) is 10.5. The molecule has 0 unspecified atom stereocenters. The minimum Gasteiger partial charge on any atom is -0.365 e. The van der Waals surface area contributed by atoms with Crippen LogP contribution in [0.4, 0.5) is 0 Å². The summed E-state index contributed by atoms with van der Waals surface area (Å²) in [6, 6.07) is 29.0. The van der Waals surface area contributed by atoms with E-state index in [0.29, 0.717) is 6.61 Å². The zero-order valence-corrected chi connectivity index (χ0v) is 16.3. The lowest BCUT2D eigenvalue weighted by molar-refractivity contribution is -0.124. The van der Waals surface area contributed by atoms with Crippen molar-refractivity contribution in [2.45, 2.75) is 16.8 Å². The highest BCUT2D eigenvalue weighted by molar-refractivity contribution is 5.97. The molecule has 0 N–H and O–H groups in total. The Morgan fingerprint density at radius 3 is 1.87 bits per heavy atom. The van der Waals surface area contributed by atoms with Crippen molar-refractivity contribution in [1.29, 1.82) is 0 Å². The molecule has 1 spiro atoms. The van der Waals surface area contributed by atoms with Gasteiger partial charge in [0.05, 0.1) is 12.5 Å². The van der Waals surface area contributed by atoms with Gasteiger partial charge in [0, 0.05) is 5.92 Å². The average molecular weight is 392 g/mol. The van der Waals surface area contributed by atoms with Crippen LogP contribution < -0.4 is 0 Å². The molecule has 3 aromatic rings. The zero-order valence-electron chi connectivity index (χ0n) is 16.3. The largest absolute Gasteiger partial charge is 0.365 e. The van der Waals surface area contributed by atoms with Crippen LogP contribution in [0.1, 0.15) is 22.3 Å². The topological polar surface area (TPSA) is 38.8 Å². The van der Waals surface area contributed by atoms with Gasteiger partial charge in [0.1, 0.15) is 16.8 Å². The third kappa shape index (κ3) is 1.74. The maximum atomic E-state index is 13.5. The fourth-order valence-corrected chi connectivity index (χ4v) is 6.37. The predicted molar refractivity (Wildman–Crippen MR) is 112 cm³/mol. The summed E-state index contributed by atoms with van der Waals surface area (Å²) in [5.41, 5.74) is 2.37. The molecule has 2 saturated heterocycles. The minimum atomic E-state index is -0.820. The molecule has 3 heterocycles. The molecule has 2 fully saturated rings. The van der Waals surface area contributed by atoms with Crippen molar-refractivity contribution in [3.05, 3.63) is 119 Å². The number of hydrogen-bond donors (Lipinski definition) is 0. The number of benzene rings is 3. The molecule has 5 atom stereocenters. The normalized spacial score (nSPS) is 37.3. The van der Waals surface area contributed by atoms with E-state index in [1.807, 2.05) is 48.5 Å². The summed E-state index contributed by atoms with van der Waals surface area (Å²) in [4.78, 5) is 13.5. The standard InChI is InChI=1S/C27H20O3/c28-22-15-16-25(17-29-25)24-23(22)26(18-9-3-1-4-10-18)20-13-7-8-14-21(20)27(24,30-26)19-11-5-2-6-12-19/h1-16,23-24H,17H2/t23-,24-,25+,26-,27+/m0/s1. The molecule has 0 radical (unpaired) electrons. The molecule has 146 valence electrons. The SMILES string of the molecule is O=C1C=C[C@@]2(CO2)[C@@H]2[C@H]1[C@@]1(c3ccccc3)O[C@]2(c2ccccc2)c2ccccc21. The number of allylic oxidation sites excluding steroid dienone is 1. The lowest BCUT2D eigenvalue weighted by Crippen LogP contribution is -2.51. The van der Waals surface area contributed by atoms with Gasteiger partial charge in [-0.2, -0.15) is 0 Å². The Labute approximate surface area is 175 Å². The molecular weight excluding hydrogens is 372 g/mol. The number of epoxide rings is 1. The van der Waals surface area contributed by atoms with Gasteiger partial charge in [-0.25, -0.2) is 0 Å². The fourth-order valence-electron chi connectivity index (χ4n) is 6.37. The van der Waals surface area contributed by atoms with Crippen molar-refractivity contribution < 1.29 is 14.3 Å². The highest BCUT2D eigenvalue weighted by Gasteiger charge is 2.79. The number of fused-ring (bicyclic) bond motifs is 9. The summed E-state index contributed by atoms with van der Waals surface area (Å²) in [6.07, 6.45) is 3.71. The Balaban J connectivity index is 1.63. The van der Waals surface area contributed by atoms with E-state index in [0.717, 1.165) is 22.3 Å². The first kappa shape index (κ1) is 16.8. The molecule has 4 aliphatic rings. The molecule has 30 heavy (non-hydrogen) atoms. The molecule has 0 amide bonds. The van der Waals surface area contributed by atoms with Crippen molar-refractivity contribution in [1.82, 2.24) is 0 Å². The van der Waals surface area contributed by atoms with Gasteiger partial charge in [0.25, 0.3) is 0 Å². The van der Waals surface area contributed by atoms with Crippen LogP contribution in [0.5, 0.6) is 0 Å². The van der Waals surface area contributed by atoms with Crippen LogP contribution in [-0.2, 0) is 25.5 Å². The highest BCUT2D eigenvalue weighted by atomic mass is 16.6. The van der Waals surface area contributed by atoms with Gasteiger partial charge in [0.2, 0.25) is 0 Å². The Morgan fingerprint density at radius 2 is 1.27 bits per heavy atom. The van der Waals surface area contributed by atoms with E-state index in [1.54, 1.807) is 6.08 Å². The van der Waals surface area contributed by atoms with Gasteiger partial charge in [0.15, 0.2) is 5.78 Å². The highest BCUT2D eigenvalue weighted by Crippen LogP contribution is 2.73. The van der Waals surface area contributed by atoms with E-state index in [4.69, 9.17) is 9.47 Å². The van der Waals surface area contributed by atoms with E-state index in [-0.39, 0.29) is 17.6 Å². The van der Waals surface area contributed by atoms with Crippen LogP contribution in [0.15, 0.2) is 97.1 Å². The molecule has 1 aliphatic carbocycles. The lowest BCUT2D eigenvalue weighted by atomic mass is 9.54. The van der Waals surface area contributed by atoms with Crippen LogP contribution in [0.3, 0.4) is 0 Å². The second kappa shape index (κ2) is 5.37. The van der Waals surface area contributed by atoms with Crippen LogP contribution >= 0.6 is 0 Å². The first-order chi connectivity index (χ1) is 14.7. The summed E-state index contributed by atoms with van der Waals surface area (Å²) >= 11 is 0. The quantitative estimate of drug-likeness (QED) is 0.609. The fraction of sp³-hybridized carbons (Fsp3) is 0.222. The number of rotatable bonds is 2. The summed E-state index contributed by atoms with van der Waals surface area (Å²) < 4.78 is 13.3. The molecule has 2 bridgehead atoms. The van der Waals surface area contributed by atoms with E-state index >= 15 is 0 Å². The van der Waals surface area contributed by atoms with Crippen molar-refractivity contribution >= 4 is 5.78 Å². The molecular formula is C27H20O3. The first-order valence-corrected chi connectivity index (χ1v) is 10.5. The van der Waals surface area contributed by atoms with E-state index < -0.39 is 16.8 Å². The molecule has 3 nitrogen and oxygen atoms in total. The number of carbonyl (C=O) groups excluding carboxylic acids is 1. The Kier molecular flexibility index (Phi) is 3.00. The Morgan fingerprint density at radius 1 is 0.733 bits per heavy atom. The Hall–Kier alpha value is -3.01. The number of ketones is 1. The number of hydrogen-bond acceptors (Lipinski definition) is 3. The summed E-state index contributed by atoms with van der Waals surface area (Å²) in [5, 5.41) is 0. The summed E-state index contributed by atoms with van der Waals surface area (Å²) in [7, 11) is 0. The minimum absolute atomic E-state index is 0.111. The van der Waals surface area contributed by atoms with Crippen molar-refractivity contribution in [3.8, 4) is 0 Å². The number of carbonyl (C=O) groups is 1. The zero-order chi connectivity index (χ0) is 20.0. The maximum absolute atomic E-state index is 13.5. The molecule has 3 aliphatic heterocycles. The van der Waals surface area contributed by atoms with E-state index in [2.05, 4.69) is 42.5 Å². The smallest absolute Gasteiger partial charge is 0.162 e. The van der Waals surface area contributed by atoms with Crippen molar-refractivity contribution in [3.63, 3.8) is 0 Å². The van der Waals surface area contributed by atoms with Gasteiger partial charge in [-0.15, -0.1) is 0 Å². The lowest BCUT2D eigenvalue weighted by Gasteiger charge is -2.43. The maximum Gasteiger partial charge on any atom is 0.162 e. The Bertz CT molecular complexity index is 1210. The third-order valence-electron chi connectivity index (χ3n) is 7.50. The summed E-state index contributed by atoms with van der Waals surface area (Å²) in [6.45, 7) is 0.628. The van der Waals surface area contributed by atoms with Gasteiger partial charge in [-0.1, -0.05) is 84.9 Å². The average Bonchev–Trinajstić information content (AvgIpc) is 3.41. The van der Waals surface area contributed by atoms with Crippen LogP contribution in [0.25, 0.3) is 0 Å². The van der Waals surface area contributed by atoms with Crippen LogP contribution in [0, 0.1) is 11.8 Å². The van der Waals surface area contributed by atoms with Gasteiger partial charge in [-0.3, -0.25) is 4.79 Å². The third-order valence-corrected chi connectivity index (χ3v) is 7.50. The summed E-state index contributed by atoms with van der Waals surface area (Å²) in [5.74, 6) is -0.320. The predicted octanol–water partition coefficient (Wildman–Crippen LogP) is 4.36. The monoisotopic (exact) mass is 392 g/mol. The van der Waals surface area contributed by atoms with Crippen LogP contribution in [0.2, 0.25) is 0 Å². The van der Waals surface area contributed by atoms with Crippen molar-refractivity contribution in [2.24, 2.45) is 11.8 Å². The van der Waals surface area contributed by atoms with E-state index in [9.17, 15) is 4.79 Å². The molecule has 3 heteroatoms. The van der Waals surface area contributed by atoms with Gasteiger partial charge < -0.3 is 9.47 Å². The molecule has 0 saturated carbocycles. The van der Waals surface area contributed by atoms with Gasteiger partial charge in [-0.05, 0) is 34.4 Å².